The van der Waals surface area contributed by atoms with Crippen LogP contribution in [0.25, 0.3) is 0 Å². The topological polar surface area (TPSA) is 26.3 Å². The van der Waals surface area contributed by atoms with Gasteiger partial charge in [-0.3, -0.25) is 4.79 Å². The van der Waals surface area contributed by atoms with Crippen LogP contribution in [0.5, 0.6) is 0 Å². The van der Waals surface area contributed by atoms with E-state index in [9.17, 15) is 4.79 Å². The number of ether oxygens (including phenoxy) is 1. The molecule has 1 fully saturated rings. The van der Waals surface area contributed by atoms with Crippen LogP contribution in [0.15, 0.2) is 12.3 Å². The maximum atomic E-state index is 10.9. The molecule has 1 saturated carbocycles. The summed E-state index contributed by atoms with van der Waals surface area (Å²) in [5.41, 5.74) is 0. The molecule has 0 bridgehead atoms. The van der Waals surface area contributed by atoms with Gasteiger partial charge in [-0.1, -0.05) is 13.3 Å². The van der Waals surface area contributed by atoms with Crippen LogP contribution >= 0.6 is 0 Å². The van der Waals surface area contributed by atoms with Crippen molar-refractivity contribution in [1.82, 2.24) is 0 Å². The molecule has 1 rings (SSSR count). The highest BCUT2D eigenvalue weighted by Gasteiger charge is 2.30. The monoisotopic (exact) mass is 154 g/mol. The second-order valence-corrected chi connectivity index (χ2v) is 2.87. The van der Waals surface area contributed by atoms with Crippen molar-refractivity contribution in [2.75, 3.05) is 0 Å². The molecule has 0 atom stereocenters. The molecule has 0 aromatic heterocycles. The number of hydrogen-bond donors (Lipinski definition) is 0. The number of allylic oxidation sites excluding steroid dienone is 1. The lowest BCUT2D eigenvalue weighted by atomic mass is 10.3. The molecular weight excluding hydrogens is 140 g/mol. The number of unbranched alkanes of at least 4 members (excludes halogenated alkanes) is 1. The van der Waals surface area contributed by atoms with Crippen molar-refractivity contribution in [3.8, 4) is 0 Å². The third kappa shape index (κ3) is 3.21. The lowest BCUT2D eigenvalue weighted by Crippen LogP contribution is -2.00. The van der Waals surface area contributed by atoms with Crippen molar-refractivity contribution < 1.29 is 9.53 Å². The molecule has 0 amide bonds. The second-order valence-electron chi connectivity index (χ2n) is 2.87. The minimum Gasteiger partial charge on any atom is -0.435 e. The summed E-state index contributed by atoms with van der Waals surface area (Å²) in [6.07, 6.45) is 7.51. The van der Waals surface area contributed by atoms with E-state index >= 15 is 0 Å². The number of hydrogen-bond acceptors (Lipinski definition) is 2. The molecule has 2 nitrogen and oxygen atoms in total. The molecule has 0 aromatic carbocycles. The van der Waals surface area contributed by atoms with Gasteiger partial charge in [-0.05, 0) is 25.3 Å². The van der Waals surface area contributed by atoms with Gasteiger partial charge in [0.15, 0.2) is 0 Å². The quantitative estimate of drug-likeness (QED) is 0.458. The smallest absolute Gasteiger partial charge is 0.313 e. The largest absolute Gasteiger partial charge is 0.435 e. The van der Waals surface area contributed by atoms with Gasteiger partial charge < -0.3 is 4.74 Å². The zero-order valence-electron chi connectivity index (χ0n) is 6.88. The van der Waals surface area contributed by atoms with Crippen LogP contribution in [0, 0.1) is 5.92 Å². The van der Waals surface area contributed by atoms with Crippen molar-refractivity contribution in [1.29, 1.82) is 0 Å². The molecule has 62 valence electrons. The van der Waals surface area contributed by atoms with E-state index < -0.39 is 0 Å². The van der Waals surface area contributed by atoms with Crippen molar-refractivity contribution in [3.05, 3.63) is 12.3 Å². The first-order chi connectivity index (χ1) is 5.34. The van der Waals surface area contributed by atoms with Crippen molar-refractivity contribution in [3.63, 3.8) is 0 Å². The van der Waals surface area contributed by atoms with Crippen molar-refractivity contribution in [2.45, 2.75) is 32.6 Å². The molecule has 0 unspecified atom stereocenters. The Kier molecular flexibility index (Phi) is 3.14. The van der Waals surface area contributed by atoms with Crippen LogP contribution < -0.4 is 0 Å². The minimum absolute atomic E-state index is 0.0580. The Bertz CT molecular complexity index is 157. The maximum absolute atomic E-state index is 10.9. The molecule has 0 saturated heterocycles. The maximum Gasteiger partial charge on any atom is 0.313 e. The third-order valence-corrected chi connectivity index (χ3v) is 1.65. The molecule has 2 heteroatoms. The fourth-order valence-corrected chi connectivity index (χ4v) is 0.765. The van der Waals surface area contributed by atoms with Gasteiger partial charge in [0.2, 0.25) is 0 Å². The van der Waals surface area contributed by atoms with Gasteiger partial charge in [-0.2, -0.15) is 0 Å². The Morgan fingerprint density at radius 1 is 1.64 bits per heavy atom. The molecular formula is C9H14O2. The van der Waals surface area contributed by atoms with Crippen molar-refractivity contribution >= 4 is 5.97 Å². The Labute approximate surface area is 67.2 Å². The van der Waals surface area contributed by atoms with E-state index in [1.807, 2.05) is 6.08 Å². The lowest BCUT2D eigenvalue weighted by Gasteiger charge is -1.93. The summed E-state index contributed by atoms with van der Waals surface area (Å²) in [6.45, 7) is 2.09. The molecule has 11 heavy (non-hydrogen) atoms. The van der Waals surface area contributed by atoms with E-state index in [0.29, 0.717) is 0 Å². The summed E-state index contributed by atoms with van der Waals surface area (Å²) in [6, 6.07) is 0. The summed E-state index contributed by atoms with van der Waals surface area (Å²) in [5.74, 6) is 0.152. The highest BCUT2D eigenvalue weighted by atomic mass is 16.5. The third-order valence-electron chi connectivity index (χ3n) is 1.65. The number of carbonyl (C=O) groups excluding carboxylic acids is 1. The van der Waals surface area contributed by atoms with E-state index in [1.165, 1.54) is 6.26 Å². The number of rotatable bonds is 4. The second kappa shape index (κ2) is 4.16. The van der Waals surface area contributed by atoms with E-state index in [0.717, 1.165) is 25.7 Å². The van der Waals surface area contributed by atoms with Gasteiger partial charge in [-0.15, -0.1) is 0 Å². The summed E-state index contributed by atoms with van der Waals surface area (Å²) < 4.78 is 4.85. The first-order valence-electron chi connectivity index (χ1n) is 4.20. The van der Waals surface area contributed by atoms with E-state index in [2.05, 4.69) is 6.92 Å². The average Bonchev–Trinajstić information content (AvgIpc) is 2.79. The first-order valence-corrected chi connectivity index (χ1v) is 4.20. The summed E-state index contributed by atoms with van der Waals surface area (Å²) in [5, 5.41) is 0. The minimum atomic E-state index is -0.0580. The van der Waals surface area contributed by atoms with Gasteiger partial charge >= 0.3 is 5.97 Å². The predicted octanol–water partition coefficient (Wildman–Crippen LogP) is 2.25. The number of esters is 1. The van der Waals surface area contributed by atoms with Crippen LogP contribution in [-0.4, -0.2) is 5.97 Å². The number of carbonyl (C=O) groups is 1. The van der Waals surface area contributed by atoms with Crippen LogP contribution in [0.3, 0.4) is 0 Å². The Morgan fingerprint density at radius 3 is 2.91 bits per heavy atom. The van der Waals surface area contributed by atoms with Crippen LogP contribution in [0.4, 0.5) is 0 Å². The van der Waals surface area contributed by atoms with Crippen LogP contribution in [0.1, 0.15) is 32.6 Å². The first kappa shape index (κ1) is 8.31. The molecule has 0 spiro atoms. The Balaban J connectivity index is 2.05. The normalized spacial score (nSPS) is 17.2. The predicted molar refractivity (Wildman–Crippen MR) is 42.9 cm³/mol. The zero-order chi connectivity index (χ0) is 8.10. The molecule has 0 N–H and O–H groups in total. The van der Waals surface area contributed by atoms with E-state index in [-0.39, 0.29) is 11.9 Å². The molecule has 1 aliphatic carbocycles. The van der Waals surface area contributed by atoms with Gasteiger partial charge in [0.25, 0.3) is 0 Å². The molecule has 1 aliphatic rings. The van der Waals surface area contributed by atoms with Crippen LogP contribution in [-0.2, 0) is 9.53 Å². The van der Waals surface area contributed by atoms with E-state index in [4.69, 9.17) is 4.74 Å². The average molecular weight is 154 g/mol. The highest BCUT2D eigenvalue weighted by Crippen LogP contribution is 2.30. The standard InChI is InChI=1S/C9H14O2/c1-2-3-4-7-11-9(10)8-5-6-8/h4,7-8H,2-3,5-6H2,1H3. The summed E-state index contributed by atoms with van der Waals surface area (Å²) in [7, 11) is 0. The lowest BCUT2D eigenvalue weighted by molar-refractivity contribution is -0.139. The van der Waals surface area contributed by atoms with Gasteiger partial charge in [-0.25, -0.2) is 0 Å². The SMILES string of the molecule is CCCC=COC(=O)C1CC1. The summed E-state index contributed by atoms with van der Waals surface area (Å²) >= 11 is 0. The molecule has 0 heterocycles. The zero-order valence-corrected chi connectivity index (χ0v) is 6.88. The molecule has 0 aliphatic heterocycles. The Morgan fingerprint density at radius 2 is 2.36 bits per heavy atom. The highest BCUT2D eigenvalue weighted by molar-refractivity contribution is 5.75. The molecule has 0 radical (unpaired) electrons. The molecule has 0 aromatic rings. The van der Waals surface area contributed by atoms with Crippen LogP contribution in [0.2, 0.25) is 0 Å². The Hall–Kier alpha value is -0.790. The van der Waals surface area contributed by atoms with E-state index in [1.54, 1.807) is 0 Å². The van der Waals surface area contributed by atoms with Gasteiger partial charge in [0.05, 0.1) is 12.2 Å². The van der Waals surface area contributed by atoms with Crippen molar-refractivity contribution in [2.24, 2.45) is 5.92 Å². The van der Waals surface area contributed by atoms with Gasteiger partial charge in [0, 0.05) is 0 Å². The van der Waals surface area contributed by atoms with Gasteiger partial charge in [0.1, 0.15) is 0 Å². The summed E-state index contributed by atoms with van der Waals surface area (Å²) in [4.78, 5) is 10.9. The fraction of sp³-hybridized carbons (Fsp3) is 0.667. The fourth-order valence-electron chi connectivity index (χ4n) is 0.765.